The highest BCUT2D eigenvalue weighted by molar-refractivity contribution is 6.30. The Kier molecular flexibility index (Phi) is 5.70. The Morgan fingerprint density at radius 3 is 2.66 bits per heavy atom. The number of rotatable bonds is 3. The molecule has 3 rings (SSSR count). The normalized spacial score (nSPS) is 13.8. The first-order valence-corrected chi connectivity index (χ1v) is 8.99. The van der Waals surface area contributed by atoms with E-state index >= 15 is 0 Å². The van der Waals surface area contributed by atoms with Gasteiger partial charge in [0.25, 0.3) is 5.56 Å². The van der Waals surface area contributed by atoms with Gasteiger partial charge in [-0.3, -0.25) is 9.59 Å². The molecule has 154 valence electrons. The van der Waals surface area contributed by atoms with E-state index in [1.165, 1.54) is 12.0 Å². The Hall–Kier alpha value is -2.81. The summed E-state index contributed by atoms with van der Waals surface area (Å²) in [6, 6.07) is 5.34. The van der Waals surface area contributed by atoms with Crippen molar-refractivity contribution in [2.45, 2.75) is 25.6 Å². The van der Waals surface area contributed by atoms with E-state index in [2.05, 4.69) is 0 Å². The van der Waals surface area contributed by atoms with Gasteiger partial charge in [0.05, 0.1) is 18.2 Å². The third-order valence-electron chi connectivity index (χ3n) is 4.63. The Balaban J connectivity index is 1.96. The Morgan fingerprint density at radius 1 is 1.28 bits per heavy atom. The first-order valence-electron chi connectivity index (χ1n) is 8.61. The minimum atomic E-state index is -4.71. The number of anilines is 1. The second-order valence-corrected chi connectivity index (χ2v) is 6.86. The Labute approximate surface area is 168 Å². The number of pyridine rings is 1. The predicted molar refractivity (Wildman–Crippen MR) is 99.2 cm³/mol. The molecule has 6 nitrogen and oxygen atoms in total. The number of aromatic nitrogens is 1. The summed E-state index contributed by atoms with van der Waals surface area (Å²) in [5, 5.41) is -0.625. The molecule has 0 bridgehead atoms. The van der Waals surface area contributed by atoms with E-state index in [-0.39, 0.29) is 0 Å². The molecule has 0 atom stereocenters. The van der Waals surface area contributed by atoms with Crippen LogP contribution in [0.3, 0.4) is 0 Å². The van der Waals surface area contributed by atoms with Crippen LogP contribution >= 0.6 is 11.6 Å². The molecule has 29 heavy (non-hydrogen) atoms. The molecule has 1 amide bonds. The number of carbonyl (C=O) groups is 2. The molecule has 2 aromatic rings. The number of ether oxygens (including phenoxy) is 1. The molecular weight excluding hydrogens is 413 g/mol. The zero-order valence-electron chi connectivity index (χ0n) is 15.3. The molecule has 0 spiro atoms. The van der Waals surface area contributed by atoms with Crippen LogP contribution in [0.4, 0.5) is 18.9 Å². The summed E-state index contributed by atoms with van der Waals surface area (Å²) in [6.07, 6.45) is -3.05. The van der Waals surface area contributed by atoms with E-state index in [4.69, 9.17) is 16.3 Å². The third kappa shape index (κ3) is 4.14. The number of halogens is 4. The van der Waals surface area contributed by atoms with Crippen molar-refractivity contribution in [2.24, 2.45) is 0 Å². The highest BCUT2D eigenvalue weighted by Gasteiger charge is 2.33. The molecule has 2 heterocycles. The van der Waals surface area contributed by atoms with Crippen molar-refractivity contribution in [3.63, 3.8) is 0 Å². The molecular formula is C19H16ClF3N2O4. The lowest BCUT2D eigenvalue weighted by Gasteiger charge is -2.30. The smallest absolute Gasteiger partial charge is 0.417 e. The quantitative estimate of drug-likeness (QED) is 0.703. The molecule has 0 unspecified atom stereocenters. The summed E-state index contributed by atoms with van der Waals surface area (Å²) in [7, 11) is 1.25. The summed E-state index contributed by atoms with van der Waals surface area (Å²) in [4.78, 5) is 38.3. The number of amides is 1. The van der Waals surface area contributed by atoms with Gasteiger partial charge in [-0.2, -0.15) is 13.2 Å². The largest absolute Gasteiger partial charge is 0.465 e. The zero-order chi connectivity index (χ0) is 21.3. The van der Waals surface area contributed by atoms with Crippen LogP contribution in [0.25, 0.3) is 0 Å². The molecule has 10 heteroatoms. The number of nitrogens with zero attached hydrogens (tertiary/aromatic N) is 2. The first-order chi connectivity index (χ1) is 13.6. The lowest BCUT2D eigenvalue weighted by atomic mass is 9.96. The average molecular weight is 429 g/mol. The van der Waals surface area contributed by atoms with Crippen LogP contribution in [-0.4, -0.2) is 30.1 Å². The van der Waals surface area contributed by atoms with Crippen LogP contribution in [0.2, 0.25) is 5.02 Å². The molecule has 0 radical (unpaired) electrons. The van der Waals surface area contributed by atoms with Crippen LogP contribution in [0.1, 0.15) is 27.9 Å². The second-order valence-electron chi connectivity index (χ2n) is 6.45. The number of carbonyl (C=O) groups excluding carboxylic acids is 2. The van der Waals surface area contributed by atoms with Crippen LogP contribution in [0, 0.1) is 0 Å². The van der Waals surface area contributed by atoms with Gasteiger partial charge in [0.2, 0.25) is 5.91 Å². The third-order valence-corrected chi connectivity index (χ3v) is 4.90. The summed E-state index contributed by atoms with van der Waals surface area (Å²) in [6.45, 7) is -0.317. The van der Waals surface area contributed by atoms with E-state index in [1.807, 2.05) is 0 Å². The molecule has 0 saturated carbocycles. The Morgan fingerprint density at radius 2 is 2.00 bits per heavy atom. The fourth-order valence-electron chi connectivity index (χ4n) is 3.29. The summed E-state index contributed by atoms with van der Waals surface area (Å²) in [5.74, 6) is -1.14. The van der Waals surface area contributed by atoms with Gasteiger partial charge in [-0.25, -0.2) is 4.79 Å². The fourth-order valence-corrected chi connectivity index (χ4v) is 3.51. The average Bonchev–Trinajstić information content (AvgIpc) is 2.68. The van der Waals surface area contributed by atoms with Gasteiger partial charge in [-0.15, -0.1) is 0 Å². The number of alkyl halides is 3. The summed E-state index contributed by atoms with van der Waals surface area (Å²) in [5.41, 5.74) is -0.610. The lowest BCUT2D eigenvalue weighted by Crippen LogP contribution is -2.40. The number of benzene rings is 1. The highest BCUT2D eigenvalue weighted by Crippen LogP contribution is 2.31. The number of hydrogen-bond acceptors (Lipinski definition) is 4. The van der Waals surface area contributed by atoms with Gasteiger partial charge in [-0.1, -0.05) is 17.7 Å². The lowest BCUT2D eigenvalue weighted by molar-refractivity contribution is -0.138. The number of fused-ring (bicyclic) bond motifs is 1. The van der Waals surface area contributed by atoms with E-state index in [1.54, 1.807) is 18.2 Å². The molecule has 0 fully saturated rings. The van der Waals surface area contributed by atoms with Crippen LogP contribution in [-0.2, 0) is 28.7 Å². The number of esters is 1. The fraction of sp³-hybridized carbons (Fsp3) is 0.316. The van der Waals surface area contributed by atoms with E-state index in [0.29, 0.717) is 53.0 Å². The summed E-state index contributed by atoms with van der Waals surface area (Å²) >= 11 is 5.64. The molecule has 0 N–H and O–H groups in total. The van der Waals surface area contributed by atoms with E-state index in [0.717, 1.165) is 0 Å². The van der Waals surface area contributed by atoms with Crippen molar-refractivity contribution in [3.05, 3.63) is 62.5 Å². The minimum absolute atomic E-state index is 0.303. The zero-order valence-corrected chi connectivity index (χ0v) is 16.0. The van der Waals surface area contributed by atoms with Gasteiger partial charge < -0.3 is 14.2 Å². The molecule has 0 saturated heterocycles. The maximum Gasteiger partial charge on any atom is 0.417 e. The van der Waals surface area contributed by atoms with Crippen LogP contribution in [0.5, 0.6) is 0 Å². The molecule has 1 aliphatic heterocycles. The van der Waals surface area contributed by atoms with E-state index < -0.39 is 40.7 Å². The van der Waals surface area contributed by atoms with Crippen molar-refractivity contribution >= 4 is 29.2 Å². The van der Waals surface area contributed by atoms with Gasteiger partial charge in [-0.05, 0) is 36.6 Å². The van der Waals surface area contributed by atoms with Gasteiger partial charge in [0.1, 0.15) is 11.6 Å². The molecule has 1 aromatic heterocycles. The Bertz CT molecular complexity index is 1030. The van der Waals surface area contributed by atoms with Gasteiger partial charge in [0.15, 0.2) is 0 Å². The van der Waals surface area contributed by atoms with Crippen molar-refractivity contribution in [2.75, 3.05) is 18.6 Å². The van der Waals surface area contributed by atoms with Crippen LogP contribution in [0.15, 0.2) is 35.3 Å². The first kappa shape index (κ1) is 20.9. The number of methoxy groups -OCH3 is 1. The van der Waals surface area contributed by atoms with Crippen molar-refractivity contribution in [1.82, 2.24) is 4.57 Å². The monoisotopic (exact) mass is 428 g/mol. The minimum Gasteiger partial charge on any atom is -0.465 e. The van der Waals surface area contributed by atoms with Crippen molar-refractivity contribution < 1.29 is 27.5 Å². The molecule has 1 aliphatic rings. The van der Waals surface area contributed by atoms with Crippen molar-refractivity contribution in [3.8, 4) is 0 Å². The SMILES string of the molecule is COC(=O)c1cccc2c1CCCN2C(=O)Cn1cc(C(F)(F)F)cc(Cl)c1=O. The molecule has 0 aliphatic carbocycles. The predicted octanol–water partition coefficient (Wildman–Crippen LogP) is 3.29. The van der Waals surface area contributed by atoms with Crippen LogP contribution < -0.4 is 10.5 Å². The number of hydrogen-bond donors (Lipinski definition) is 0. The maximum atomic E-state index is 13.0. The van der Waals surface area contributed by atoms with Gasteiger partial charge >= 0.3 is 12.1 Å². The second kappa shape index (κ2) is 7.90. The van der Waals surface area contributed by atoms with Crippen molar-refractivity contribution in [1.29, 1.82) is 0 Å². The van der Waals surface area contributed by atoms with E-state index in [9.17, 15) is 27.6 Å². The summed E-state index contributed by atoms with van der Waals surface area (Å²) < 4.78 is 44.4. The topological polar surface area (TPSA) is 68.6 Å². The standard InChI is InChI=1S/C19H16ClF3N2O4/c1-29-18(28)13-4-2-6-15-12(13)5-3-7-25(15)16(26)10-24-9-11(19(21,22)23)8-14(20)17(24)27/h2,4,6,8-9H,3,5,7,10H2,1H3. The maximum absolute atomic E-state index is 13.0. The molecule has 1 aromatic carbocycles. The van der Waals surface area contributed by atoms with Gasteiger partial charge in [0, 0.05) is 18.4 Å². The highest BCUT2D eigenvalue weighted by atomic mass is 35.5.